The van der Waals surface area contributed by atoms with Gasteiger partial charge in [-0.2, -0.15) is 4.98 Å². The maximum absolute atomic E-state index is 17.7. The van der Waals surface area contributed by atoms with E-state index < -0.39 is 19.7 Å². The zero-order chi connectivity index (χ0) is 41.1. The fourth-order valence-corrected chi connectivity index (χ4v) is 15.6. The van der Waals surface area contributed by atoms with Crippen LogP contribution in [0.2, 0.25) is 16.6 Å². The van der Waals surface area contributed by atoms with Crippen LogP contribution in [0.1, 0.15) is 66.4 Å². The van der Waals surface area contributed by atoms with Crippen LogP contribution in [-0.4, -0.2) is 116 Å². The lowest BCUT2D eigenvalue weighted by Crippen LogP contribution is -2.62. The first-order chi connectivity index (χ1) is 27.7. The monoisotopic (exact) mass is 810 g/mol. The Morgan fingerprint density at radius 2 is 1.81 bits per heavy atom. The van der Waals surface area contributed by atoms with Crippen molar-refractivity contribution in [2.75, 3.05) is 69.3 Å². The molecule has 1 amide bonds. The topological polar surface area (TPSA) is 119 Å². The third-order valence-corrected chi connectivity index (χ3v) is 19.7. The molecule has 2 aromatic heterocycles. The standard InChI is InChI=1S/C44H56F2N8O3Si/c1-26(2)58(27(3)4,28(5)6)17-12-33-36(45)9-8-29-18-32(55)19-34(38(29)33)40-39(46)41-35(21-48-40)42-50-43(49-41)53-15-14-52(7)31(23-53)20-47-37(56)11-16-57-25-44-13-10-30(51-44)22-54(42)24-44/h8-9,18-19,21,26-28,30-31,51,55H,10-11,13-16,20,22-25H2,1-7H3,(H,47,56). The summed E-state index contributed by atoms with van der Waals surface area (Å²) in [6.07, 6.45) is 3.76. The van der Waals surface area contributed by atoms with E-state index >= 15 is 8.78 Å². The van der Waals surface area contributed by atoms with Gasteiger partial charge in [-0.15, -0.1) is 5.54 Å². The third-order valence-electron chi connectivity index (χ3n) is 13.4. The summed E-state index contributed by atoms with van der Waals surface area (Å²) >= 11 is 0. The second-order valence-corrected chi connectivity index (χ2v) is 23.5. The molecule has 3 fully saturated rings. The van der Waals surface area contributed by atoms with Crippen LogP contribution in [0.4, 0.5) is 20.5 Å². The van der Waals surface area contributed by atoms with Crippen LogP contribution in [0.25, 0.3) is 32.9 Å². The molecule has 3 atom stereocenters. The smallest absolute Gasteiger partial charge is 0.228 e. The molecule has 4 aromatic rings. The van der Waals surface area contributed by atoms with E-state index in [2.05, 4.69) is 78.3 Å². The van der Waals surface area contributed by atoms with Gasteiger partial charge in [-0.3, -0.25) is 14.7 Å². The number of halogens is 2. The summed E-state index contributed by atoms with van der Waals surface area (Å²) in [5.41, 5.74) is 4.72. The Kier molecular flexibility index (Phi) is 10.9. The summed E-state index contributed by atoms with van der Waals surface area (Å²) in [6, 6.07) is 6.12. The van der Waals surface area contributed by atoms with E-state index in [1.54, 1.807) is 18.3 Å². The molecule has 11 nitrogen and oxygen atoms in total. The number of hydrogen-bond acceptors (Lipinski definition) is 10. The molecule has 3 saturated heterocycles. The summed E-state index contributed by atoms with van der Waals surface area (Å²) in [4.78, 5) is 34.2. The molecule has 4 aliphatic heterocycles. The number of phenols is 1. The maximum atomic E-state index is 17.7. The van der Waals surface area contributed by atoms with E-state index in [-0.39, 0.29) is 58.0 Å². The molecule has 0 aliphatic carbocycles. The van der Waals surface area contributed by atoms with Gasteiger partial charge in [-0.05, 0) is 60.1 Å². The predicted molar refractivity (Wildman–Crippen MR) is 228 cm³/mol. The summed E-state index contributed by atoms with van der Waals surface area (Å²) in [5, 5.41) is 19.3. The number of fused-ring (bicyclic) bond motifs is 11. The van der Waals surface area contributed by atoms with E-state index in [1.165, 1.54) is 12.1 Å². The lowest BCUT2D eigenvalue weighted by atomic mass is 9.95. The highest BCUT2D eigenvalue weighted by atomic mass is 28.3. The van der Waals surface area contributed by atoms with Gasteiger partial charge in [0, 0.05) is 74.9 Å². The minimum absolute atomic E-state index is 0.0256. The Morgan fingerprint density at radius 1 is 1.03 bits per heavy atom. The number of hydrogen-bond donors (Lipinski definition) is 3. The normalized spacial score (nSPS) is 23.2. The zero-order valence-electron chi connectivity index (χ0n) is 34.8. The second-order valence-electron chi connectivity index (χ2n) is 17.9. The predicted octanol–water partition coefficient (Wildman–Crippen LogP) is 6.37. The summed E-state index contributed by atoms with van der Waals surface area (Å²) in [5.74, 6) is 2.95. The van der Waals surface area contributed by atoms with Gasteiger partial charge in [0.2, 0.25) is 11.9 Å². The second kappa shape index (κ2) is 15.6. The number of carbonyl (C=O) groups is 1. The van der Waals surface area contributed by atoms with Gasteiger partial charge < -0.3 is 30.3 Å². The van der Waals surface area contributed by atoms with Gasteiger partial charge in [0.1, 0.15) is 36.7 Å². The number of likely N-dealkylation sites (N-methyl/N-ethyl adjacent to an activating group) is 1. The van der Waals surface area contributed by atoms with Crippen LogP contribution in [-0.2, 0) is 9.53 Å². The number of nitrogens with zero attached hydrogens (tertiary/aromatic N) is 6. The first-order valence-electron chi connectivity index (χ1n) is 20.9. The summed E-state index contributed by atoms with van der Waals surface area (Å²) < 4.78 is 40.0. The molecular weight excluding hydrogens is 755 g/mol. The van der Waals surface area contributed by atoms with Gasteiger partial charge in [-0.1, -0.05) is 53.5 Å². The van der Waals surface area contributed by atoms with Gasteiger partial charge in [-0.25, -0.2) is 13.8 Å². The van der Waals surface area contributed by atoms with Crippen LogP contribution < -0.4 is 20.4 Å². The number of ether oxygens (including phenoxy) is 1. The van der Waals surface area contributed by atoms with Crippen LogP contribution in [0.3, 0.4) is 0 Å². The fourth-order valence-electron chi connectivity index (χ4n) is 10.3. The highest BCUT2D eigenvalue weighted by molar-refractivity contribution is 6.90. The van der Waals surface area contributed by atoms with E-state index in [0.717, 1.165) is 12.8 Å². The molecule has 3 N–H and O–H groups in total. The first kappa shape index (κ1) is 40.4. The Morgan fingerprint density at radius 3 is 2.57 bits per heavy atom. The highest BCUT2D eigenvalue weighted by Gasteiger charge is 2.46. The minimum atomic E-state index is -2.28. The molecular formula is C44H56F2N8O3Si. The molecule has 4 aliphatic rings. The van der Waals surface area contributed by atoms with Crippen molar-refractivity contribution in [2.24, 2.45) is 0 Å². The van der Waals surface area contributed by atoms with Gasteiger partial charge in [0.05, 0.1) is 29.7 Å². The maximum Gasteiger partial charge on any atom is 0.228 e. The number of carbonyl (C=O) groups excluding carboxylic acids is 1. The number of pyridine rings is 1. The number of rotatable bonds is 4. The quantitative estimate of drug-likeness (QED) is 0.159. The summed E-state index contributed by atoms with van der Waals surface area (Å²) in [6.45, 7) is 17.5. The minimum Gasteiger partial charge on any atom is -0.508 e. The average molecular weight is 811 g/mol. The van der Waals surface area contributed by atoms with E-state index in [9.17, 15) is 9.90 Å². The Bertz CT molecular complexity index is 2290. The Labute approximate surface area is 341 Å². The number of piperazine rings is 2. The molecule has 2 aromatic carbocycles. The number of amides is 1. The van der Waals surface area contributed by atoms with Crippen molar-refractivity contribution in [1.82, 2.24) is 30.5 Å². The SMILES string of the molecule is CC(C)[Si](C#Cc1c(F)ccc2cc(O)cc(-c3ncc4c5nc(nc4c3F)N3CCN(C)C(CNC(=O)CCOCC46CCC(CN5C4)N6)C3)c12)(C(C)C)C(C)C. The van der Waals surface area contributed by atoms with Crippen LogP contribution in [0.15, 0.2) is 30.5 Å². The van der Waals surface area contributed by atoms with Crippen LogP contribution >= 0.6 is 0 Å². The van der Waals surface area contributed by atoms with Crippen molar-refractivity contribution in [3.8, 4) is 28.5 Å². The third kappa shape index (κ3) is 7.18. The van der Waals surface area contributed by atoms with Crippen molar-refractivity contribution in [3.05, 3.63) is 47.7 Å². The molecule has 0 saturated carbocycles. The summed E-state index contributed by atoms with van der Waals surface area (Å²) in [7, 11) is -0.248. The molecule has 6 heterocycles. The van der Waals surface area contributed by atoms with E-state index in [0.29, 0.717) is 97.0 Å². The number of anilines is 2. The molecule has 1 spiro atoms. The van der Waals surface area contributed by atoms with E-state index in [4.69, 9.17) is 19.7 Å². The largest absolute Gasteiger partial charge is 0.508 e. The van der Waals surface area contributed by atoms with Crippen LogP contribution in [0.5, 0.6) is 5.75 Å². The highest BCUT2D eigenvalue weighted by Crippen LogP contribution is 2.43. The van der Waals surface area contributed by atoms with Crippen molar-refractivity contribution >= 4 is 47.4 Å². The lowest BCUT2D eigenvalue weighted by Gasteiger charge is -2.43. The number of benzene rings is 2. The lowest BCUT2D eigenvalue weighted by molar-refractivity contribution is -0.122. The fraction of sp³-hybridized carbons (Fsp3) is 0.545. The van der Waals surface area contributed by atoms with Crippen molar-refractivity contribution in [2.45, 2.75) is 95.1 Å². The van der Waals surface area contributed by atoms with E-state index in [1.807, 2.05) is 7.05 Å². The number of aromatic hydroxyl groups is 1. The zero-order valence-corrected chi connectivity index (χ0v) is 35.8. The number of aromatic nitrogens is 3. The molecule has 308 valence electrons. The molecule has 7 bridgehead atoms. The van der Waals surface area contributed by atoms with Crippen molar-refractivity contribution in [3.63, 3.8) is 0 Å². The molecule has 3 unspecified atom stereocenters. The van der Waals surface area contributed by atoms with Crippen molar-refractivity contribution in [1.29, 1.82) is 0 Å². The first-order valence-corrected chi connectivity index (χ1v) is 23.1. The number of phenolic OH excluding ortho intramolecular Hbond substituents is 1. The molecule has 0 radical (unpaired) electrons. The van der Waals surface area contributed by atoms with Gasteiger partial charge >= 0.3 is 0 Å². The molecule has 14 heteroatoms. The van der Waals surface area contributed by atoms with Gasteiger partial charge in [0.25, 0.3) is 0 Å². The molecule has 58 heavy (non-hydrogen) atoms. The Hall–Kier alpha value is -4.42. The Balaban J connectivity index is 1.32. The van der Waals surface area contributed by atoms with Crippen molar-refractivity contribution < 1.29 is 23.4 Å². The molecule has 8 rings (SSSR count). The number of nitrogens with one attached hydrogen (secondary N) is 2. The van der Waals surface area contributed by atoms with Crippen LogP contribution in [0, 0.1) is 23.1 Å². The average Bonchev–Trinajstić information content (AvgIpc) is 3.48. The van der Waals surface area contributed by atoms with Gasteiger partial charge in [0.15, 0.2) is 5.82 Å².